The van der Waals surface area contributed by atoms with E-state index in [9.17, 15) is 8.78 Å². The highest BCUT2D eigenvalue weighted by molar-refractivity contribution is 5.77. The van der Waals surface area contributed by atoms with E-state index >= 15 is 0 Å². The van der Waals surface area contributed by atoms with E-state index in [4.69, 9.17) is 10.3 Å². The summed E-state index contributed by atoms with van der Waals surface area (Å²) in [6, 6.07) is 3.85. The monoisotopic (exact) mass is 265 g/mol. The van der Waals surface area contributed by atoms with Gasteiger partial charge in [0.25, 0.3) is 0 Å². The summed E-state index contributed by atoms with van der Waals surface area (Å²) in [6.45, 7) is 1.65. The lowest BCUT2D eigenvalue weighted by Crippen LogP contribution is -2.19. The van der Waals surface area contributed by atoms with Crippen LogP contribution >= 0.6 is 0 Å². The minimum Gasteiger partial charge on any atom is -0.371 e. The van der Waals surface area contributed by atoms with Crippen LogP contribution in [-0.2, 0) is 0 Å². The van der Waals surface area contributed by atoms with Crippen LogP contribution in [0.2, 0.25) is 0 Å². The van der Waals surface area contributed by atoms with Crippen molar-refractivity contribution < 1.29 is 13.3 Å². The number of hydrogen-bond donors (Lipinski definition) is 1. The van der Waals surface area contributed by atoms with Crippen molar-refractivity contribution >= 4 is 11.6 Å². The third kappa shape index (κ3) is 2.14. The van der Waals surface area contributed by atoms with E-state index in [0.717, 1.165) is 32.0 Å². The van der Waals surface area contributed by atoms with Crippen molar-refractivity contribution in [1.82, 2.24) is 5.16 Å². The SMILES string of the molecule is Nc1cc(-c2cc(F)c(F)cc2N2CCCC2)no1. The van der Waals surface area contributed by atoms with Crippen LogP contribution in [0, 0.1) is 11.6 Å². The molecule has 0 radical (unpaired) electrons. The van der Waals surface area contributed by atoms with Gasteiger partial charge in [-0.2, -0.15) is 0 Å². The molecule has 3 rings (SSSR count). The van der Waals surface area contributed by atoms with Crippen molar-refractivity contribution in [2.24, 2.45) is 0 Å². The molecule has 0 saturated carbocycles. The van der Waals surface area contributed by atoms with Gasteiger partial charge in [-0.05, 0) is 18.9 Å². The van der Waals surface area contributed by atoms with Gasteiger partial charge in [0.05, 0.1) is 0 Å². The molecule has 1 aromatic heterocycles. The molecule has 1 aromatic carbocycles. The Kier molecular flexibility index (Phi) is 2.85. The lowest BCUT2D eigenvalue weighted by molar-refractivity contribution is 0.439. The Bertz CT molecular complexity index is 606. The van der Waals surface area contributed by atoms with Crippen LogP contribution in [0.15, 0.2) is 22.7 Å². The predicted octanol–water partition coefficient (Wildman–Crippen LogP) is 2.80. The molecule has 0 atom stereocenters. The molecule has 0 aliphatic carbocycles. The number of nitrogens with zero attached hydrogens (tertiary/aromatic N) is 2. The minimum atomic E-state index is -0.903. The van der Waals surface area contributed by atoms with Gasteiger partial charge in [0.2, 0.25) is 5.88 Å². The van der Waals surface area contributed by atoms with Crippen LogP contribution in [0.4, 0.5) is 20.4 Å². The van der Waals surface area contributed by atoms with Crippen LogP contribution in [0.25, 0.3) is 11.3 Å². The van der Waals surface area contributed by atoms with Crippen molar-refractivity contribution in [3.63, 3.8) is 0 Å². The fourth-order valence-electron chi connectivity index (χ4n) is 2.38. The van der Waals surface area contributed by atoms with Crippen LogP contribution in [-0.4, -0.2) is 18.2 Å². The van der Waals surface area contributed by atoms with Gasteiger partial charge in [-0.1, -0.05) is 5.16 Å². The molecule has 1 aliphatic rings. The third-order valence-corrected chi connectivity index (χ3v) is 3.29. The standard InChI is InChI=1S/C13H13F2N3O/c14-9-5-8(11-7-13(16)19-17-11)12(6-10(9)15)18-3-1-2-4-18/h5-7H,1-4,16H2. The van der Waals surface area contributed by atoms with E-state index in [-0.39, 0.29) is 5.88 Å². The number of nitrogen functional groups attached to an aromatic ring is 1. The highest BCUT2D eigenvalue weighted by atomic mass is 19.2. The molecule has 2 aromatic rings. The lowest BCUT2D eigenvalue weighted by atomic mass is 10.1. The minimum absolute atomic E-state index is 0.145. The van der Waals surface area contributed by atoms with Crippen molar-refractivity contribution in [1.29, 1.82) is 0 Å². The molecule has 100 valence electrons. The molecule has 0 spiro atoms. The van der Waals surface area contributed by atoms with E-state index in [1.165, 1.54) is 12.1 Å². The first-order chi connectivity index (χ1) is 9.15. The zero-order valence-corrected chi connectivity index (χ0v) is 10.2. The average Bonchev–Trinajstić information content (AvgIpc) is 3.03. The summed E-state index contributed by atoms with van der Waals surface area (Å²) in [5.74, 6) is -1.62. The van der Waals surface area contributed by atoms with Gasteiger partial charge < -0.3 is 15.2 Å². The zero-order valence-electron chi connectivity index (χ0n) is 10.2. The summed E-state index contributed by atoms with van der Waals surface area (Å²) in [5.41, 5.74) is 7.02. The highest BCUT2D eigenvalue weighted by Gasteiger charge is 2.21. The van der Waals surface area contributed by atoms with Gasteiger partial charge in [0.1, 0.15) is 5.69 Å². The molecule has 1 fully saturated rings. The molecular weight excluding hydrogens is 252 g/mol. The number of anilines is 2. The molecule has 4 nitrogen and oxygen atoms in total. The molecule has 0 bridgehead atoms. The second-order valence-corrected chi connectivity index (χ2v) is 4.59. The van der Waals surface area contributed by atoms with E-state index in [0.29, 0.717) is 16.9 Å². The fourth-order valence-corrected chi connectivity index (χ4v) is 2.38. The second-order valence-electron chi connectivity index (χ2n) is 4.59. The fraction of sp³-hybridized carbons (Fsp3) is 0.308. The molecule has 1 aliphatic heterocycles. The quantitative estimate of drug-likeness (QED) is 0.907. The maximum atomic E-state index is 13.5. The third-order valence-electron chi connectivity index (χ3n) is 3.29. The van der Waals surface area contributed by atoms with Crippen LogP contribution < -0.4 is 10.6 Å². The Labute approximate surface area is 108 Å². The van der Waals surface area contributed by atoms with Gasteiger partial charge >= 0.3 is 0 Å². The number of benzene rings is 1. The van der Waals surface area contributed by atoms with Gasteiger partial charge in [-0.25, -0.2) is 8.78 Å². The summed E-state index contributed by atoms with van der Waals surface area (Å²) in [6.07, 6.45) is 2.08. The Morgan fingerprint density at radius 3 is 2.42 bits per heavy atom. The number of nitrogens with two attached hydrogens (primary N) is 1. The summed E-state index contributed by atoms with van der Waals surface area (Å²) < 4.78 is 31.7. The molecular formula is C13H13F2N3O. The Balaban J connectivity index is 2.12. The topological polar surface area (TPSA) is 55.3 Å². The molecule has 6 heteroatoms. The maximum absolute atomic E-state index is 13.5. The van der Waals surface area contributed by atoms with Crippen molar-refractivity contribution in [2.45, 2.75) is 12.8 Å². The smallest absolute Gasteiger partial charge is 0.222 e. The summed E-state index contributed by atoms with van der Waals surface area (Å²) in [7, 11) is 0. The van der Waals surface area contributed by atoms with Crippen molar-refractivity contribution in [2.75, 3.05) is 23.7 Å². The number of rotatable bonds is 2. The molecule has 1 saturated heterocycles. The van der Waals surface area contributed by atoms with Crippen LogP contribution in [0.3, 0.4) is 0 Å². The second kappa shape index (κ2) is 4.53. The van der Waals surface area contributed by atoms with Gasteiger partial charge in [0, 0.05) is 36.5 Å². The van der Waals surface area contributed by atoms with Gasteiger partial charge in [0.15, 0.2) is 11.6 Å². The molecule has 19 heavy (non-hydrogen) atoms. The van der Waals surface area contributed by atoms with Crippen molar-refractivity contribution in [3.05, 3.63) is 29.8 Å². The van der Waals surface area contributed by atoms with Gasteiger partial charge in [-0.3, -0.25) is 0 Å². The number of hydrogen-bond acceptors (Lipinski definition) is 4. The number of aromatic nitrogens is 1. The molecule has 0 unspecified atom stereocenters. The van der Waals surface area contributed by atoms with Crippen LogP contribution in [0.5, 0.6) is 0 Å². The Hall–Kier alpha value is -2.11. The van der Waals surface area contributed by atoms with E-state index < -0.39 is 11.6 Å². The first-order valence-corrected chi connectivity index (χ1v) is 6.12. The Morgan fingerprint density at radius 2 is 1.79 bits per heavy atom. The normalized spacial score (nSPS) is 15.2. The first-order valence-electron chi connectivity index (χ1n) is 6.12. The average molecular weight is 265 g/mol. The lowest BCUT2D eigenvalue weighted by Gasteiger charge is -2.20. The van der Waals surface area contributed by atoms with Crippen molar-refractivity contribution in [3.8, 4) is 11.3 Å². The molecule has 2 heterocycles. The predicted molar refractivity (Wildman–Crippen MR) is 67.7 cm³/mol. The molecule has 0 amide bonds. The summed E-state index contributed by atoms with van der Waals surface area (Å²) in [4.78, 5) is 2.02. The van der Waals surface area contributed by atoms with E-state index in [2.05, 4.69) is 5.16 Å². The summed E-state index contributed by atoms with van der Waals surface area (Å²) >= 11 is 0. The first kappa shape index (κ1) is 12.0. The summed E-state index contributed by atoms with van der Waals surface area (Å²) in [5, 5.41) is 3.77. The maximum Gasteiger partial charge on any atom is 0.222 e. The zero-order chi connectivity index (χ0) is 13.4. The van der Waals surface area contributed by atoms with Gasteiger partial charge in [-0.15, -0.1) is 0 Å². The van der Waals surface area contributed by atoms with Crippen LogP contribution in [0.1, 0.15) is 12.8 Å². The largest absolute Gasteiger partial charge is 0.371 e. The number of halogens is 2. The molecule has 2 N–H and O–H groups in total. The van der Waals surface area contributed by atoms with E-state index in [1.807, 2.05) is 4.90 Å². The highest BCUT2D eigenvalue weighted by Crippen LogP contribution is 2.34. The van der Waals surface area contributed by atoms with E-state index in [1.54, 1.807) is 0 Å². The Morgan fingerprint density at radius 1 is 1.11 bits per heavy atom.